The van der Waals surface area contributed by atoms with Crippen LogP contribution in [-0.4, -0.2) is 36.1 Å². The predicted molar refractivity (Wildman–Crippen MR) is 96.9 cm³/mol. The average molecular weight is 341 g/mol. The van der Waals surface area contributed by atoms with Crippen LogP contribution in [0.5, 0.6) is 0 Å². The molecule has 130 valence electrons. The van der Waals surface area contributed by atoms with Gasteiger partial charge >= 0.3 is 0 Å². The normalized spacial score (nSPS) is 18.0. The highest BCUT2D eigenvalue weighted by molar-refractivity contribution is 5.85. The van der Waals surface area contributed by atoms with Crippen LogP contribution in [-0.2, 0) is 4.79 Å². The Bertz CT molecular complexity index is 473. The Hall–Kier alpha value is -1.33. The SMILES string of the molecule is CCCC(C)(N)C(=O)NCC1CCN(c2ccncc2)CC1.Cl. The highest BCUT2D eigenvalue weighted by atomic mass is 35.5. The van der Waals surface area contributed by atoms with E-state index in [1.807, 2.05) is 38.4 Å². The molecular weight excluding hydrogens is 312 g/mol. The summed E-state index contributed by atoms with van der Waals surface area (Å²) >= 11 is 0. The first-order valence-corrected chi connectivity index (χ1v) is 8.25. The van der Waals surface area contributed by atoms with E-state index in [0.29, 0.717) is 5.92 Å². The van der Waals surface area contributed by atoms with Crippen molar-refractivity contribution in [1.82, 2.24) is 10.3 Å². The Labute approximate surface area is 145 Å². The second kappa shape index (κ2) is 9.08. The number of rotatable bonds is 6. The summed E-state index contributed by atoms with van der Waals surface area (Å²) in [6.07, 6.45) is 7.49. The Morgan fingerprint density at radius 1 is 1.39 bits per heavy atom. The first kappa shape index (κ1) is 19.7. The van der Waals surface area contributed by atoms with E-state index in [-0.39, 0.29) is 18.3 Å². The van der Waals surface area contributed by atoms with E-state index in [2.05, 4.69) is 15.2 Å². The summed E-state index contributed by atoms with van der Waals surface area (Å²) in [6.45, 7) is 6.66. The van der Waals surface area contributed by atoms with Gasteiger partial charge in [0.2, 0.25) is 5.91 Å². The third-order valence-electron chi connectivity index (χ3n) is 4.48. The van der Waals surface area contributed by atoms with Crippen LogP contribution >= 0.6 is 12.4 Å². The summed E-state index contributed by atoms with van der Waals surface area (Å²) in [5, 5.41) is 3.04. The number of hydrogen-bond acceptors (Lipinski definition) is 4. The van der Waals surface area contributed by atoms with Gasteiger partial charge in [0.15, 0.2) is 0 Å². The van der Waals surface area contributed by atoms with E-state index in [1.54, 1.807) is 0 Å². The zero-order valence-electron chi connectivity index (χ0n) is 14.1. The van der Waals surface area contributed by atoms with Gasteiger partial charge in [-0.25, -0.2) is 0 Å². The van der Waals surface area contributed by atoms with Crippen LogP contribution in [0.15, 0.2) is 24.5 Å². The van der Waals surface area contributed by atoms with Gasteiger partial charge in [-0.15, -0.1) is 12.4 Å². The maximum Gasteiger partial charge on any atom is 0.239 e. The summed E-state index contributed by atoms with van der Waals surface area (Å²) in [7, 11) is 0. The minimum absolute atomic E-state index is 0. The lowest BCUT2D eigenvalue weighted by Crippen LogP contribution is -2.52. The molecule has 2 rings (SSSR count). The Morgan fingerprint density at radius 3 is 2.57 bits per heavy atom. The molecule has 0 bridgehead atoms. The van der Waals surface area contributed by atoms with Gasteiger partial charge in [-0.1, -0.05) is 13.3 Å². The molecule has 23 heavy (non-hydrogen) atoms. The second-order valence-corrected chi connectivity index (χ2v) is 6.51. The molecule has 1 aliphatic heterocycles. The number of carbonyl (C=O) groups is 1. The monoisotopic (exact) mass is 340 g/mol. The van der Waals surface area contributed by atoms with Gasteiger partial charge in [0.25, 0.3) is 0 Å². The molecule has 0 saturated carbocycles. The number of pyridine rings is 1. The van der Waals surface area contributed by atoms with Crippen molar-refractivity contribution in [3.8, 4) is 0 Å². The molecule has 1 atom stereocenters. The van der Waals surface area contributed by atoms with Crippen LogP contribution in [0.2, 0.25) is 0 Å². The summed E-state index contributed by atoms with van der Waals surface area (Å²) in [4.78, 5) is 18.6. The van der Waals surface area contributed by atoms with Crippen LogP contribution < -0.4 is 16.0 Å². The summed E-state index contributed by atoms with van der Waals surface area (Å²) in [6, 6.07) is 4.10. The van der Waals surface area contributed by atoms with Gasteiger partial charge in [0.1, 0.15) is 0 Å². The van der Waals surface area contributed by atoms with Gasteiger partial charge in [-0.2, -0.15) is 0 Å². The zero-order chi connectivity index (χ0) is 16.0. The number of piperidine rings is 1. The number of nitrogens with one attached hydrogen (secondary N) is 1. The van der Waals surface area contributed by atoms with Gasteiger partial charge < -0.3 is 16.0 Å². The highest BCUT2D eigenvalue weighted by Crippen LogP contribution is 2.22. The number of aromatic nitrogens is 1. The number of halogens is 1. The van der Waals surface area contributed by atoms with Crippen molar-refractivity contribution in [2.75, 3.05) is 24.5 Å². The van der Waals surface area contributed by atoms with Crippen LogP contribution in [0.1, 0.15) is 39.5 Å². The topological polar surface area (TPSA) is 71.2 Å². The molecule has 5 nitrogen and oxygen atoms in total. The molecule has 0 aromatic carbocycles. The number of anilines is 1. The van der Waals surface area contributed by atoms with Gasteiger partial charge in [-0.3, -0.25) is 9.78 Å². The Balaban J connectivity index is 0.00000264. The quantitative estimate of drug-likeness (QED) is 0.834. The molecule has 1 amide bonds. The lowest BCUT2D eigenvalue weighted by atomic mass is 9.94. The van der Waals surface area contributed by atoms with Crippen molar-refractivity contribution in [2.24, 2.45) is 11.7 Å². The molecule has 0 spiro atoms. The Morgan fingerprint density at radius 2 is 2.00 bits per heavy atom. The number of carbonyl (C=O) groups excluding carboxylic acids is 1. The predicted octanol–water partition coefficient (Wildman–Crippen LogP) is 2.35. The van der Waals surface area contributed by atoms with Crippen LogP contribution in [0.3, 0.4) is 0 Å². The fourth-order valence-corrected chi connectivity index (χ4v) is 3.02. The standard InChI is InChI=1S/C17H28N4O.ClH/c1-3-8-17(2,18)16(22)20-13-14-6-11-21(12-7-14)15-4-9-19-10-5-15;/h4-5,9-10,14H,3,6-8,11-13,18H2,1-2H3,(H,20,22);1H. The second-order valence-electron chi connectivity index (χ2n) is 6.51. The zero-order valence-corrected chi connectivity index (χ0v) is 14.9. The lowest BCUT2D eigenvalue weighted by molar-refractivity contribution is -0.126. The maximum absolute atomic E-state index is 12.1. The summed E-state index contributed by atoms with van der Waals surface area (Å²) in [5.74, 6) is 0.519. The van der Waals surface area contributed by atoms with Gasteiger partial charge in [0.05, 0.1) is 5.54 Å². The van der Waals surface area contributed by atoms with Crippen LogP contribution in [0, 0.1) is 5.92 Å². The summed E-state index contributed by atoms with van der Waals surface area (Å²) < 4.78 is 0. The lowest BCUT2D eigenvalue weighted by Gasteiger charge is -2.34. The smallest absolute Gasteiger partial charge is 0.239 e. The molecular formula is C17H29ClN4O. The van der Waals surface area contributed by atoms with Crippen molar-refractivity contribution in [3.05, 3.63) is 24.5 Å². The fourth-order valence-electron chi connectivity index (χ4n) is 3.02. The molecule has 1 unspecified atom stereocenters. The van der Waals surface area contributed by atoms with Gasteiger partial charge in [-0.05, 0) is 44.2 Å². The Kier molecular flexibility index (Phi) is 7.79. The van der Waals surface area contributed by atoms with E-state index in [0.717, 1.165) is 45.3 Å². The van der Waals surface area contributed by atoms with Crippen molar-refractivity contribution < 1.29 is 4.79 Å². The number of nitrogens with zero attached hydrogens (tertiary/aromatic N) is 2. The molecule has 3 N–H and O–H groups in total. The molecule has 0 radical (unpaired) electrons. The first-order valence-electron chi connectivity index (χ1n) is 8.25. The minimum atomic E-state index is -0.744. The fraction of sp³-hybridized carbons (Fsp3) is 0.647. The van der Waals surface area contributed by atoms with Gasteiger partial charge in [0, 0.05) is 37.7 Å². The van der Waals surface area contributed by atoms with E-state index in [1.165, 1.54) is 5.69 Å². The maximum atomic E-state index is 12.1. The molecule has 1 fully saturated rings. The van der Waals surface area contributed by atoms with E-state index < -0.39 is 5.54 Å². The molecule has 2 heterocycles. The molecule has 6 heteroatoms. The van der Waals surface area contributed by atoms with Crippen LogP contribution in [0.25, 0.3) is 0 Å². The van der Waals surface area contributed by atoms with E-state index in [4.69, 9.17) is 5.73 Å². The highest BCUT2D eigenvalue weighted by Gasteiger charge is 2.28. The third-order valence-corrected chi connectivity index (χ3v) is 4.48. The third kappa shape index (κ3) is 5.66. The molecule has 1 aromatic heterocycles. The van der Waals surface area contributed by atoms with Crippen LogP contribution in [0.4, 0.5) is 5.69 Å². The molecule has 1 aliphatic rings. The molecule has 0 aliphatic carbocycles. The average Bonchev–Trinajstić information content (AvgIpc) is 2.54. The van der Waals surface area contributed by atoms with Crippen molar-refractivity contribution >= 4 is 24.0 Å². The van der Waals surface area contributed by atoms with Crippen molar-refractivity contribution in [3.63, 3.8) is 0 Å². The molecule has 1 saturated heterocycles. The number of amides is 1. The largest absolute Gasteiger partial charge is 0.371 e. The molecule has 1 aromatic rings. The summed E-state index contributed by atoms with van der Waals surface area (Å²) in [5.41, 5.74) is 6.55. The van der Waals surface area contributed by atoms with E-state index >= 15 is 0 Å². The van der Waals surface area contributed by atoms with E-state index in [9.17, 15) is 4.79 Å². The van der Waals surface area contributed by atoms with Crippen molar-refractivity contribution in [2.45, 2.75) is 45.1 Å². The first-order chi connectivity index (χ1) is 10.5. The number of hydrogen-bond donors (Lipinski definition) is 2. The number of nitrogens with two attached hydrogens (primary N) is 1. The minimum Gasteiger partial charge on any atom is -0.371 e. The van der Waals surface area contributed by atoms with Crippen molar-refractivity contribution in [1.29, 1.82) is 0 Å².